The summed E-state index contributed by atoms with van der Waals surface area (Å²) in [6, 6.07) is 15.2. The van der Waals surface area contributed by atoms with E-state index in [4.69, 9.17) is 0 Å². The van der Waals surface area contributed by atoms with Crippen LogP contribution < -0.4 is 9.80 Å². The highest BCUT2D eigenvalue weighted by molar-refractivity contribution is 5.94. The molecule has 0 aliphatic carbocycles. The van der Waals surface area contributed by atoms with Crippen molar-refractivity contribution in [2.24, 2.45) is 0 Å². The van der Waals surface area contributed by atoms with Crippen LogP contribution in [0.2, 0.25) is 0 Å². The van der Waals surface area contributed by atoms with Crippen LogP contribution >= 0.6 is 0 Å². The summed E-state index contributed by atoms with van der Waals surface area (Å²) in [4.78, 5) is 32.6. The summed E-state index contributed by atoms with van der Waals surface area (Å²) in [5.41, 5.74) is 2.73. The minimum absolute atomic E-state index is 0.0980. The third kappa shape index (κ3) is 4.99. The molecule has 0 fully saturated rings. The van der Waals surface area contributed by atoms with Crippen LogP contribution in [0.3, 0.4) is 0 Å². The SMILES string of the molecule is CN(C)c1ccc(-n2ccnc2C(=O)CCc2ccccc2N(C(=O)O)C(C)(C)C)cc1. The first-order chi connectivity index (χ1) is 15.1. The lowest BCUT2D eigenvalue weighted by Gasteiger charge is -2.34. The van der Waals surface area contributed by atoms with Crippen LogP contribution in [0.25, 0.3) is 5.69 Å². The molecular weight excluding hydrogens is 404 g/mol. The second-order valence-electron chi connectivity index (χ2n) is 8.87. The second kappa shape index (κ2) is 9.26. The van der Waals surface area contributed by atoms with Crippen molar-refractivity contribution in [3.8, 4) is 5.69 Å². The summed E-state index contributed by atoms with van der Waals surface area (Å²) in [5.74, 6) is 0.269. The van der Waals surface area contributed by atoms with Gasteiger partial charge in [0.15, 0.2) is 11.6 Å². The van der Waals surface area contributed by atoms with E-state index < -0.39 is 11.6 Å². The Labute approximate surface area is 188 Å². The molecule has 0 aliphatic rings. The first-order valence-electron chi connectivity index (χ1n) is 10.5. The topological polar surface area (TPSA) is 78.7 Å². The maximum Gasteiger partial charge on any atom is 0.412 e. The molecule has 0 atom stereocenters. The van der Waals surface area contributed by atoms with Gasteiger partial charge in [0.2, 0.25) is 0 Å². The van der Waals surface area contributed by atoms with Gasteiger partial charge in [0.25, 0.3) is 0 Å². The summed E-state index contributed by atoms with van der Waals surface area (Å²) in [6.45, 7) is 5.55. The van der Waals surface area contributed by atoms with E-state index in [1.54, 1.807) is 23.0 Å². The quantitative estimate of drug-likeness (QED) is 0.527. The average Bonchev–Trinajstić information content (AvgIpc) is 3.21. The molecule has 168 valence electrons. The van der Waals surface area contributed by atoms with Gasteiger partial charge in [-0.05, 0) is 63.1 Å². The van der Waals surface area contributed by atoms with Gasteiger partial charge in [-0.2, -0.15) is 0 Å². The molecule has 0 aliphatic heterocycles. The molecule has 0 saturated carbocycles. The number of hydrogen-bond acceptors (Lipinski definition) is 4. The largest absolute Gasteiger partial charge is 0.465 e. The number of nitrogens with zero attached hydrogens (tertiary/aromatic N) is 4. The number of rotatable bonds is 7. The van der Waals surface area contributed by atoms with Gasteiger partial charge in [-0.1, -0.05) is 18.2 Å². The highest BCUT2D eigenvalue weighted by Gasteiger charge is 2.29. The van der Waals surface area contributed by atoms with Gasteiger partial charge in [-0.3, -0.25) is 14.3 Å². The maximum atomic E-state index is 13.0. The Morgan fingerprint density at radius 2 is 1.69 bits per heavy atom. The van der Waals surface area contributed by atoms with E-state index in [1.807, 2.05) is 82.2 Å². The number of carbonyl (C=O) groups excluding carboxylic acids is 1. The Morgan fingerprint density at radius 1 is 1.03 bits per heavy atom. The molecule has 3 rings (SSSR count). The number of aryl methyl sites for hydroxylation is 1. The molecule has 0 unspecified atom stereocenters. The van der Waals surface area contributed by atoms with Gasteiger partial charge in [0, 0.05) is 49.8 Å². The lowest BCUT2D eigenvalue weighted by molar-refractivity contribution is 0.0971. The molecule has 0 spiro atoms. The number of aromatic nitrogens is 2. The van der Waals surface area contributed by atoms with E-state index >= 15 is 0 Å². The highest BCUT2D eigenvalue weighted by Crippen LogP contribution is 2.29. The summed E-state index contributed by atoms with van der Waals surface area (Å²) < 4.78 is 1.78. The number of anilines is 2. The minimum atomic E-state index is -1.02. The average molecular weight is 435 g/mol. The summed E-state index contributed by atoms with van der Waals surface area (Å²) in [5, 5.41) is 9.77. The van der Waals surface area contributed by atoms with E-state index in [0.29, 0.717) is 17.9 Å². The number of carboxylic acid groups (broad SMARTS) is 1. The number of benzene rings is 2. The normalized spacial score (nSPS) is 11.3. The van der Waals surface area contributed by atoms with Gasteiger partial charge < -0.3 is 10.0 Å². The number of carbonyl (C=O) groups is 2. The maximum absolute atomic E-state index is 13.0. The van der Waals surface area contributed by atoms with E-state index in [2.05, 4.69) is 4.98 Å². The zero-order valence-electron chi connectivity index (χ0n) is 19.2. The molecule has 7 nitrogen and oxygen atoms in total. The Bertz CT molecular complexity index is 1090. The van der Waals surface area contributed by atoms with Gasteiger partial charge in [0.1, 0.15) is 0 Å². The molecule has 0 saturated heterocycles. The molecule has 2 aromatic carbocycles. The molecule has 7 heteroatoms. The molecule has 0 bridgehead atoms. The zero-order chi connectivity index (χ0) is 23.5. The monoisotopic (exact) mass is 434 g/mol. The lowest BCUT2D eigenvalue weighted by atomic mass is 10.00. The molecule has 1 heterocycles. The third-order valence-electron chi connectivity index (χ3n) is 5.25. The minimum Gasteiger partial charge on any atom is -0.465 e. The van der Waals surface area contributed by atoms with Crippen molar-refractivity contribution in [1.29, 1.82) is 0 Å². The predicted molar refractivity (Wildman–Crippen MR) is 127 cm³/mol. The Kier molecular flexibility index (Phi) is 6.67. The van der Waals surface area contributed by atoms with Crippen LogP contribution in [0, 0.1) is 0 Å². The summed E-state index contributed by atoms with van der Waals surface area (Å²) in [7, 11) is 3.95. The lowest BCUT2D eigenvalue weighted by Crippen LogP contribution is -2.45. The summed E-state index contributed by atoms with van der Waals surface area (Å²) in [6.07, 6.45) is 3.01. The zero-order valence-corrected chi connectivity index (χ0v) is 19.2. The van der Waals surface area contributed by atoms with Crippen LogP contribution in [0.1, 0.15) is 43.4 Å². The van der Waals surface area contributed by atoms with Crippen molar-refractivity contribution in [3.05, 3.63) is 72.3 Å². The fourth-order valence-electron chi connectivity index (χ4n) is 3.68. The molecule has 1 amide bonds. The van der Waals surface area contributed by atoms with E-state index in [1.165, 1.54) is 4.90 Å². The van der Waals surface area contributed by atoms with Crippen molar-refractivity contribution >= 4 is 23.3 Å². The Hall–Kier alpha value is -3.61. The molecular formula is C25H30N4O3. The van der Waals surface area contributed by atoms with Crippen LogP contribution in [0.15, 0.2) is 60.9 Å². The number of hydrogen-bond donors (Lipinski definition) is 1. The Balaban J connectivity index is 1.81. The fourth-order valence-corrected chi connectivity index (χ4v) is 3.68. The van der Waals surface area contributed by atoms with Gasteiger partial charge in [-0.15, -0.1) is 0 Å². The number of imidazole rings is 1. The highest BCUT2D eigenvalue weighted by atomic mass is 16.4. The van der Waals surface area contributed by atoms with Crippen LogP contribution in [-0.4, -0.2) is 46.2 Å². The van der Waals surface area contributed by atoms with Crippen molar-refractivity contribution < 1.29 is 14.7 Å². The molecule has 1 N–H and O–H groups in total. The molecule has 1 aromatic heterocycles. The number of Topliss-reactive ketones (excluding diaryl/α,β-unsaturated/α-hetero) is 1. The molecule has 0 radical (unpaired) electrons. The summed E-state index contributed by atoms with van der Waals surface area (Å²) >= 11 is 0. The van der Waals surface area contributed by atoms with Crippen molar-refractivity contribution in [2.75, 3.05) is 23.9 Å². The number of ketones is 1. The number of para-hydroxylation sites is 1. The smallest absolute Gasteiger partial charge is 0.412 e. The standard InChI is InChI=1S/C25H30N4O3/c1-25(2,3)29(24(31)32)21-9-7-6-8-18(21)10-15-22(30)23-26-16-17-28(23)20-13-11-19(12-14-20)27(4)5/h6-9,11-14,16-17H,10,15H2,1-5H3,(H,31,32). The van der Waals surface area contributed by atoms with Gasteiger partial charge in [0.05, 0.1) is 5.69 Å². The van der Waals surface area contributed by atoms with Crippen LogP contribution in [0.4, 0.5) is 16.2 Å². The first-order valence-corrected chi connectivity index (χ1v) is 10.5. The Morgan fingerprint density at radius 3 is 2.28 bits per heavy atom. The van der Waals surface area contributed by atoms with Gasteiger partial charge in [-0.25, -0.2) is 9.78 Å². The predicted octanol–water partition coefficient (Wildman–Crippen LogP) is 5.04. The van der Waals surface area contributed by atoms with Crippen LogP contribution in [-0.2, 0) is 6.42 Å². The second-order valence-corrected chi connectivity index (χ2v) is 8.87. The van der Waals surface area contributed by atoms with Crippen molar-refractivity contribution in [2.45, 2.75) is 39.2 Å². The van der Waals surface area contributed by atoms with E-state index in [-0.39, 0.29) is 12.2 Å². The molecule has 3 aromatic rings. The number of amides is 1. The van der Waals surface area contributed by atoms with Crippen LogP contribution in [0.5, 0.6) is 0 Å². The van der Waals surface area contributed by atoms with Crippen molar-refractivity contribution in [3.63, 3.8) is 0 Å². The fraction of sp³-hybridized carbons (Fsp3) is 0.320. The first kappa shape index (κ1) is 23.1. The van der Waals surface area contributed by atoms with E-state index in [9.17, 15) is 14.7 Å². The van der Waals surface area contributed by atoms with Gasteiger partial charge >= 0.3 is 6.09 Å². The van der Waals surface area contributed by atoms with E-state index in [0.717, 1.165) is 16.9 Å². The molecule has 32 heavy (non-hydrogen) atoms. The third-order valence-corrected chi connectivity index (χ3v) is 5.25. The van der Waals surface area contributed by atoms with Crippen molar-refractivity contribution in [1.82, 2.24) is 9.55 Å².